The Kier molecular flexibility index (Phi) is 8.88. The first kappa shape index (κ1) is 23.9. The fraction of sp³-hybridized carbons (Fsp3) is 0.259. The topological polar surface area (TPSA) is 70.7 Å². The molecule has 172 valence electrons. The van der Waals surface area contributed by atoms with Gasteiger partial charge in [-0.25, -0.2) is 0 Å². The van der Waals surface area contributed by atoms with Crippen LogP contribution in [0.25, 0.3) is 0 Å². The molecule has 0 radical (unpaired) electrons. The second-order valence-corrected chi connectivity index (χ2v) is 8.00. The highest BCUT2D eigenvalue weighted by atomic mass is 16.5. The van der Waals surface area contributed by atoms with E-state index in [0.717, 1.165) is 29.1 Å². The molecule has 0 aliphatic rings. The number of benzene rings is 3. The number of rotatable bonds is 11. The van der Waals surface area contributed by atoms with Gasteiger partial charge in [-0.15, -0.1) is 0 Å². The summed E-state index contributed by atoms with van der Waals surface area (Å²) in [5.74, 6) is 0.771. The number of hydrogen-bond acceptors (Lipinski definition) is 4. The summed E-state index contributed by atoms with van der Waals surface area (Å²) in [7, 11) is 3.51. The van der Waals surface area contributed by atoms with Crippen molar-refractivity contribution < 1.29 is 14.3 Å². The number of carbonyl (C=O) groups is 2. The van der Waals surface area contributed by atoms with Crippen molar-refractivity contribution in [2.24, 2.45) is 0 Å². The first-order valence-corrected chi connectivity index (χ1v) is 11.1. The molecule has 6 heteroatoms. The van der Waals surface area contributed by atoms with Crippen molar-refractivity contribution in [3.63, 3.8) is 0 Å². The SMILES string of the molecule is CN(C)C(=O)CCc1ccc(NC(=O)CNc2ccc(OCCc3ccccc3)cc2)cc1. The van der Waals surface area contributed by atoms with Crippen molar-refractivity contribution >= 4 is 23.2 Å². The second-order valence-electron chi connectivity index (χ2n) is 8.00. The van der Waals surface area contributed by atoms with Crippen LogP contribution in [0.2, 0.25) is 0 Å². The molecule has 0 heterocycles. The van der Waals surface area contributed by atoms with Gasteiger partial charge in [-0.05, 0) is 53.9 Å². The van der Waals surface area contributed by atoms with Crippen molar-refractivity contribution in [1.82, 2.24) is 4.90 Å². The molecule has 0 fully saturated rings. The minimum atomic E-state index is -0.131. The lowest BCUT2D eigenvalue weighted by Gasteiger charge is -2.11. The van der Waals surface area contributed by atoms with Gasteiger partial charge in [0.1, 0.15) is 5.75 Å². The van der Waals surface area contributed by atoms with Crippen LogP contribution in [-0.4, -0.2) is 44.0 Å². The van der Waals surface area contributed by atoms with Gasteiger partial charge >= 0.3 is 0 Å². The highest BCUT2D eigenvalue weighted by molar-refractivity contribution is 5.93. The number of anilines is 2. The Morgan fingerprint density at radius 1 is 0.788 bits per heavy atom. The Balaban J connectivity index is 1.37. The van der Waals surface area contributed by atoms with Crippen molar-refractivity contribution in [2.75, 3.05) is 37.9 Å². The van der Waals surface area contributed by atoms with E-state index in [1.165, 1.54) is 5.56 Å². The predicted molar refractivity (Wildman–Crippen MR) is 133 cm³/mol. The first-order valence-electron chi connectivity index (χ1n) is 11.1. The Bertz CT molecular complexity index is 1020. The third-order valence-corrected chi connectivity index (χ3v) is 5.17. The molecule has 3 aromatic rings. The minimum Gasteiger partial charge on any atom is -0.493 e. The standard InChI is InChI=1S/C27H31N3O3/c1-30(2)27(32)17-10-22-8-11-24(12-9-22)29-26(31)20-28-23-13-15-25(16-14-23)33-19-18-21-6-4-3-5-7-21/h3-9,11-16,28H,10,17-20H2,1-2H3,(H,29,31). The number of amides is 2. The van der Waals surface area contributed by atoms with Crippen LogP contribution in [0.3, 0.4) is 0 Å². The number of nitrogens with zero attached hydrogens (tertiary/aromatic N) is 1. The van der Waals surface area contributed by atoms with Crippen molar-refractivity contribution in [1.29, 1.82) is 0 Å². The molecule has 0 saturated carbocycles. The summed E-state index contributed by atoms with van der Waals surface area (Å²) >= 11 is 0. The molecule has 3 aromatic carbocycles. The lowest BCUT2D eigenvalue weighted by Crippen LogP contribution is -2.22. The van der Waals surface area contributed by atoms with Gasteiger partial charge in [0.05, 0.1) is 13.2 Å². The molecule has 0 spiro atoms. The van der Waals surface area contributed by atoms with Gasteiger partial charge in [-0.3, -0.25) is 9.59 Å². The fourth-order valence-corrected chi connectivity index (χ4v) is 3.22. The van der Waals surface area contributed by atoms with Gasteiger partial charge < -0.3 is 20.3 Å². The Labute approximate surface area is 195 Å². The molecule has 33 heavy (non-hydrogen) atoms. The van der Waals surface area contributed by atoms with E-state index in [2.05, 4.69) is 22.8 Å². The molecule has 0 aromatic heterocycles. The smallest absolute Gasteiger partial charge is 0.243 e. The summed E-state index contributed by atoms with van der Waals surface area (Å²) in [6, 6.07) is 25.4. The molecule has 0 unspecified atom stereocenters. The number of ether oxygens (including phenoxy) is 1. The monoisotopic (exact) mass is 445 g/mol. The summed E-state index contributed by atoms with van der Waals surface area (Å²) in [6.07, 6.45) is 2.01. The molecular weight excluding hydrogens is 414 g/mol. The molecule has 6 nitrogen and oxygen atoms in total. The third kappa shape index (κ3) is 8.33. The Morgan fingerprint density at radius 3 is 2.09 bits per heavy atom. The van der Waals surface area contributed by atoms with Gasteiger partial charge in [0.25, 0.3) is 0 Å². The zero-order valence-electron chi connectivity index (χ0n) is 19.2. The lowest BCUT2D eigenvalue weighted by atomic mass is 10.1. The molecule has 0 aliphatic heterocycles. The molecule has 3 rings (SSSR count). The highest BCUT2D eigenvalue weighted by Gasteiger charge is 2.06. The van der Waals surface area contributed by atoms with Crippen molar-refractivity contribution in [2.45, 2.75) is 19.3 Å². The van der Waals surface area contributed by atoms with Gasteiger partial charge in [-0.2, -0.15) is 0 Å². The maximum absolute atomic E-state index is 12.3. The van der Waals surface area contributed by atoms with E-state index in [1.807, 2.05) is 66.7 Å². The van der Waals surface area contributed by atoms with Crippen LogP contribution in [0.5, 0.6) is 5.75 Å². The zero-order chi connectivity index (χ0) is 23.5. The molecule has 0 bridgehead atoms. The van der Waals surface area contributed by atoms with E-state index in [9.17, 15) is 9.59 Å². The van der Waals surface area contributed by atoms with Crippen molar-refractivity contribution in [3.05, 3.63) is 90.0 Å². The summed E-state index contributed by atoms with van der Waals surface area (Å²) in [6.45, 7) is 0.775. The molecule has 2 amide bonds. The minimum absolute atomic E-state index is 0.102. The molecule has 0 aliphatic carbocycles. The van der Waals surface area contributed by atoms with Gasteiger partial charge in [-0.1, -0.05) is 42.5 Å². The van der Waals surface area contributed by atoms with Crippen LogP contribution < -0.4 is 15.4 Å². The van der Waals surface area contributed by atoms with Crippen LogP contribution in [0.4, 0.5) is 11.4 Å². The van der Waals surface area contributed by atoms with Crippen LogP contribution >= 0.6 is 0 Å². The summed E-state index contributed by atoms with van der Waals surface area (Å²) in [5.41, 5.74) is 3.89. The Hall–Kier alpha value is -3.80. The third-order valence-electron chi connectivity index (χ3n) is 5.17. The fourth-order valence-electron chi connectivity index (χ4n) is 3.22. The maximum Gasteiger partial charge on any atom is 0.243 e. The quantitative estimate of drug-likeness (QED) is 0.460. The normalized spacial score (nSPS) is 10.4. The number of carbonyl (C=O) groups excluding carboxylic acids is 2. The predicted octanol–water partition coefficient (Wildman–Crippen LogP) is 4.38. The van der Waals surface area contributed by atoms with Crippen LogP contribution in [0, 0.1) is 0 Å². The van der Waals surface area contributed by atoms with Gasteiger partial charge in [0.2, 0.25) is 11.8 Å². The number of hydrogen-bond donors (Lipinski definition) is 2. The van der Waals surface area contributed by atoms with E-state index in [1.54, 1.807) is 19.0 Å². The largest absolute Gasteiger partial charge is 0.493 e. The molecular formula is C27H31N3O3. The molecule has 0 atom stereocenters. The van der Waals surface area contributed by atoms with E-state index in [-0.39, 0.29) is 18.4 Å². The first-order chi connectivity index (χ1) is 16.0. The number of aryl methyl sites for hydroxylation is 1. The summed E-state index contributed by atoms with van der Waals surface area (Å²) in [4.78, 5) is 25.5. The molecule has 2 N–H and O–H groups in total. The van der Waals surface area contributed by atoms with Crippen molar-refractivity contribution in [3.8, 4) is 5.75 Å². The Morgan fingerprint density at radius 2 is 1.42 bits per heavy atom. The van der Waals surface area contributed by atoms with E-state index < -0.39 is 0 Å². The zero-order valence-corrected chi connectivity index (χ0v) is 19.2. The highest BCUT2D eigenvalue weighted by Crippen LogP contribution is 2.16. The molecule has 0 saturated heterocycles. The summed E-state index contributed by atoms with van der Waals surface area (Å²) < 4.78 is 5.79. The summed E-state index contributed by atoms with van der Waals surface area (Å²) in [5, 5.41) is 5.99. The average molecular weight is 446 g/mol. The van der Waals surface area contributed by atoms with E-state index in [0.29, 0.717) is 19.4 Å². The van der Waals surface area contributed by atoms with Crippen LogP contribution in [0.1, 0.15) is 17.5 Å². The van der Waals surface area contributed by atoms with E-state index in [4.69, 9.17) is 4.74 Å². The van der Waals surface area contributed by atoms with Gasteiger partial charge in [0, 0.05) is 38.3 Å². The average Bonchev–Trinajstić information content (AvgIpc) is 2.83. The second kappa shape index (κ2) is 12.3. The lowest BCUT2D eigenvalue weighted by molar-refractivity contribution is -0.128. The number of nitrogens with one attached hydrogen (secondary N) is 2. The van der Waals surface area contributed by atoms with E-state index >= 15 is 0 Å². The van der Waals surface area contributed by atoms with Crippen LogP contribution in [0.15, 0.2) is 78.9 Å². The van der Waals surface area contributed by atoms with Gasteiger partial charge in [0.15, 0.2) is 0 Å². The van der Waals surface area contributed by atoms with Crippen LogP contribution in [-0.2, 0) is 22.4 Å². The maximum atomic E-state index is 12.3.